The van der Waals surface area contributed by atoms with Gasteiger partial charge >= 0.3 is 11.9 Å². The van der Waals surface area contributed by atoms with Crippen molar-refractivity contribution in [3.05, 3.63) is 22.2 Å². The fraction of sp³-hybridized carbons (Fsp3) is 0.500. The van der Waals surface area contributed by atoms with Crippen molar-refractivity contribution >= 4 is 17.3 Å². The van der Waals surface area contributed by atoms with Gasteiger partial charge in [0.15, 0.2) is 0 Å². The minimum Gasteiger partial charge on any atom is -0.378 e. The van der Waals surface area contributed by atoms with Crippen molar-refractivity contribution in [3.8, 4) is 0 Å². The molecule has 1 aromatic rings. The first-order chi connectivity index (χ1) is 8.79. The largest absolute Gasteiger partial charge is 0.389 e. The molecule has 0 aliphatic heterocycles. The van der Waals surface area contributed by atoms with E-state index in [4.69, 9.17) is 5.73 Å². The Morgan fingerprint density at radius 1 is 1.37 bits per heavy atom. The van der Waals surface area contributed by atoms with Crippen LogP contribution in [0, 0.1) is 10.1 Å². The molecule has 1 heterocycles. The van der Waals surface area contributed by atoms with Crippen molar-refractivity contribution in [1.29, 1.82) is 0 Å². The van der Waals surface area contributed by atoms with E-state index in [0.29, 0.717) is 18.8 Å². The standard InChI is InChI=1S/C10H13F3N4O2/c11-10(12,13)5-1-2-6-15-8-4-3-7(17(18)19)9(14)16-8/h3-4H,1-2,5-6H2,(H3,14,15,16). The quantitative estimate of drug-likeness (QED) is 0.474. The summed E-state index contributed by atoms with van der Waals surface area (Å²) in [4.78, 5) is 13.6. The zero-order valence-electron chi connectivity index (χ0n) is 9.91. The predicted molar refractivity (Wildman–Crippen MR) is 63.7 cm³/mol. The lowest BCUT2D eigenvalue weighted by Gasteiger charge is -2.07. The molecule has 106 valence electrons. The van der Waals surface area contributed by atoms with E-state index in [9.17, 15) is 23.3 Å². The maximum atomic E-state index is 11.9. The van der Waals surface area contributed by atoms with Crippen LogP contribution in [0.3, 0.4) is 0 Å². The van der Waals surface area contributed by atoms with E-state index < -0.39 is 17.5 Å². The summed E-state index contributed by atoms with van der Waals surface area (Å²) in [7, 11) is 0. The Hall–Kier alpha value is -2.06. The van der Waals surface area contributed by atoms with Crippen LogP contribution in [0.4, 0.5) is 30.5 Å². The van der Waals surface area contributed by atoms with Gasteiger partial charge in [0.1, 0.15) is 5.82 Å². The highest BCUT2D eigenvalue weighted by molar-refractivity contribution is 5.57. The third-order valence-electron chi connectivity index (χ3n) is 2.29. The highest BCUT2D eigenvalue weighted by Gasteiger charge is 2.25. The number of anilines is 2. The highest BCUT2D eigenvalue weighted by Crippen LogP contribution is 2.23. The first-order valence-electron chi connectivity index (χ1n) is 5.51. The van der Waals surface area contributed by atoms with E-state index in [-0.39, 0.29) is 17.9 Å². The maximum Gasteiger partial charge on any atom is 0.389 e. The molecule has 9 heteroatoms. The average molecular weight is 278 g/mol. The van der Waals surface area contributed by atoms with Crippen molar-refractivity contribution in [3.63, 3.8) is 0 Å². The Labute approximate surface area is 107 Å². The molecule has 6 nitrogen and oxygen atoms in total. The summed E-state index contributed by atoms with van der Waals surface area (Å²) in [6.07, 6.45) is -4.64. The number of nitrogen functional groups attached to an aromatic ring is 1. The van der Waals surface area contributed by atoms with Crippen LogP contribution in [0.2, 0.25) is 0 Å². The predicted octanol–water partition coefficient (Wildman–Crippen LogP) is 2.72. The van der Waals surface area contributed by atoms with E-state index in [2.05, 4.69) is 10.3 Å². The molecular formula is C10H13F3N4O2. The Kier molecular flexibility index (Phi) is 4.90. The van der Waals surface area contributed by atoms with Gasteiger partial charge in [0.25, 0.3) is 0 Å². The molecule has 1 aromatic heterocycles. The van der Waals surface area contributed by atoms with Crippen LogP contribution >= 0.6 is 0 Å². The minimum atomic E-state index is -4.14. The Morgan fingerprint density at radius 3 is 2.58 bits per heavy atom. The first-order valence-corrected chi connectivity index (χ1v) is 5.51. The number of nitrogens with two attached hydrogens (primary N) is 1. The van der Waals surface area contributed by atoms with Gasteiger partial charge in [-0.1, -0.05) is 0 Å². The number of halogens is 3. The van der Waals surface area contributed by atoms with Crippen LogP contribution in [-0.4, -0.2) is 22.6 Å². The zero-order chi connectivity index (χ0) is 14.5. The number of unbranched alkanes of at least 4 members (excludes halogenated alkanes) is 1. The van der Waals surface area contributed by atoms with E-state index in [0.717, 1.165) is 0 Å². The topological polar surface area (TPSA) is 94.1 Å². The normalized spacial score (nSPS) is 11.3. The van der Waals surface area contributed by atoms with Gasteiger partial charge in [0.05, 0.1) is 4.92 Å². The molecule has 0 saturated heterocycles. The molecule has 0 amide bonds. The van der Waals surface area contributed by atoms with Crippen LogP contribution in [0.15, 0.2) is 12.1 Å². The number of hydrogen-bond acceptors (Lipinski definition) is 5. The highest BCUT2D eigenvalue weighted by atomic mass is 19.4. The summed E-state index contributed by atoms with van der Waals surface area (Å²) in [5, 5.41) is 13.2. The summed E-state index contributed by atoms with van der Waals surface area (Å²) in [5.41, 5.74) is 5.07. The van der Waals surface area contributed by atoms with Crippen LogP contribution in [-0.2, 0) is 0 Å². The molecule has 0 spiro atoms. The second-order valence-corrected chi connectivity index (χ2v) is 3.86. The van der Waals surface area contributed by atoms with E-state index in [1.54, 1.807) is 0 Å². The van der Waals surface area contributed by atoms with Gasteiger partial charge < -0.3 is 11.1 Å². The second kappa shape index (κ2) is 6.21. The molecule has 0 fully saturated rings. The smallest absolute Gasteiger partial charge is 0.378 e. The van der Waals surface area contributed by atoms with Gasteiger partial charge in [-0.05, 0) is 18.9 Å². The molecule has 0 bridgehead atoms. The summed E-state index contributed by atoms with van der Waals surface area (Å²) in [6, 6.07) is 2.55. The molecule has 0 aliphatic rings. The Balaban J connectivity index is 2.38. The second-order valence-electron chi connectivity index (χ2n) is 3.86. The summed E-state index contributed by atoms with van der Waals surface area (Å²) in [6.45, 7) is 0.292. The molecule has 19 heavy (non-hydrogen) atoms. The lowest BCUT2D eigenvalue weighted by Crippen LogP contribution is -2.09. The number of nitrogens with zero attached hydrogens (tertiary/aromatic N) is 2. The van der Waals surface area contributed by atoms with Crippen molar-refractivity contribution in [2.24, 2.45) is 0 Å². The van der Waals surface area contributed by atoms with Crippen LogP contribution in [0.25, 0.3) is 0 Å². The molecule has 3 N–H and O–H groups in total. The number of pyridine rings is 1. The fourth-order valence-corrected chi connectivity index (χ4v) is 1.39. The molecule has 0 aliphatic carbocycles. The summed E-state index contributed by atoms with van der Waals surface area (Å²) >= 11 is 0. The Bertz CT molecular complexity index is 451. The lowest BCUT2D eigenvalue weighted by atomic mass is 10.2. The molecule has 0 radical (unpaired) electrons. The molecule has 0 unspecified atom stereocenters. The van der Waals surface area contributed by atoms with Crippen molar-refractivity contribution < 1.29 is 18.1 Å². The molecule has 1 rings (SSSR count). The number of hydrogen-bond donors (Lipinski definition) is 2. The van der Waals surface area contributed by atoms with Crippen molar-refractivity contribution in [2.75, 3.05) is 17.6 Å². The first kappa shape index (κ1) is 15.0. The zero-order valence-corrected chi connectivity index (χ0v) is 9.91. The van der Waals surface area contributed by atoms with Crippen LogP contribution < -0.4 is 11.1 Å². The van der Waals surface area contributed by atoms with Gasteiger partial charge in [-0.25, -0.2) is 4.98 Å². The molecule has 0 saturated carbocycles. The van der Waals surface area contributed by atoms with Gasteiger partial charge in [-0.15, -0.1) is 0 Å². The van der Waals surface area contributed by atoms with E-state index >= 15 is 0 Å². The summed E-state index contributed by atoms with van der Waals surface area (Å²) in [5.74, 6) is 0.0698. The number of rotatable bonds is 6. The van der Waals surface area contributed by atoms with Crippen LogP contribution in [0.1, 0.15) is 19.3 Å². The van der Waals surface area contributed by atoms with Crippen LogP contribution in [0.5, 0.6) is 0 Å². The third kappa shape index (κ3) is 5.40. The van der Waals surface area contributed by atoms with Gasteiger partial charge in [0, 0.05) is 19.0 Å². The molecule has 0 aromatic carbocycles. The SMILES string of the molecule is Nc1nc(NCCCCC(F)(F)F)ccc1[N+](=O)[O-]. The van der Waals surface area contributed by atoms with E-state index in [1.165, 1.54) is 12.1 Å². The van der Waals surface area contributed by atoms with Gasteiger partial charge in [-0.2, -0.15) is 13.2 Å². The number of alkyl halides is 3. The summed E-state index contributed by atoms with van der Waals surface area (Å²) < 4.78 is 35.6. The van der Waals surface area contributed by atoms with Gasteiger partial charge in [0.2, 0.25) is 5.82 Å². The van der Waals surface area contributed by atoms with Crippen molar-refractivity contribution in [2.45, 2.75) is 25.4 Å². The van der Waals surface area contributed by atoms with Gasteiger partial charge in [-0.3, -0.25) is 10.1 Å². The third-order valence-corrected chi connectivity index (χ3v) is 2.29. The monoisotopic (exact) mass is 278 g/mol. The number of nitrogens with one attached hydrogen (secondary N) is 1. The Morgan fingerprint density at radius 2 is 2.05 bits per heavy atom. The average Bonchev–Trinajstić information content (AvgIpc) is 2.26. The van der Waals surface area contributed by atoms with E-state index in [1.807, 2.05) is 0 Å². The van der Waals surface area contributed by atoms with Crippen molar-refractivity contribution in [1.82, 2.24) is 4.98 Å². The minimum absolute atomic E-state index is 0.0129. The maximum absolute atomic E-state index is 11.9. The number of aromatic nitrogens is 1. The fourth-order valence-electron chi connectivity index (χ4n) is 1.39. The number of nitro groups is 1. The molecular weight excluding hydrogens is 265 g/mol. The lowest BCUT2D eigenvalue weighted by molar-refractivity contribution is -0.384. The molecule has 0 atom stereocenters.